The molecule has 0 aliphatic carbocycles. The van der Waals surface area contributed by atoms with Crippen molar-refractivity contribution >= 4 is 5.95 Å². The molecule has 0 spiro atoms. The van der Waals surface area contributed by atoms with Gasteiger partial charge in [-0.15, -0.1) is 0 Å². The fourth-order valence-electron chi connectivity index (χ4n) is 2.87. The molecule has 0 bridgehead atoms. The molecule has 0 unspecified atom stereocenters. The fraction of sp³-hybridized carbons (Fsp3) is 0.278. The fourth-order valence-corrected chi connectivity index (χ4v) is 2.87. The molecule has 6 heteroatoms. The summed E-state index contributed by atoms with van der Waals surface area (Å²) in [5.74, 6) is 2.46. The number of fused-ring (bicyclic) bond motifs is 1. The number of rotatable bonds is 4. The van der Waals surface area contributed by atoms with Gasteiger partial charge in [0.15, 0.2) is 5.75 Å². The van der Waals surface area contributed by atoms with Gasteiger partial charge in [-0.05, 0) is 12.5 Å². The maximum absolute atomic E-state index is 5.73. The van der Waals surface area contributed by atoms with E-state index >= 15 is 0 Å². The summed E-state index contributed by atoms with van der Waals surface area (Å²) in [7, 11) is 0. The average molecular weight is 321 g/mol. The lowest BCUT2D eigenvalue weighted by molar-refractivity contribution is 0.303. The second-order valence-corrected chi connectivity index (χ2v) is 5.88. The molecule has 0 fully saturated rings. The van der Waals surface area contributed by atoms with Crippen LogP contribution in [0.1, 0.15) is 17.1 Å². The van der Waals surface area contributed by atoms with Crippen molar-refractivity contribution in [3.63, 3.8) is 0 Å². The van der Waals surface area contributed by atoms with Gasteiger partial charge in [-0.25, -0.2) is 15.0 Å². The van der Waals surface area contributed by atoms with Gasteiger partial charge >= 0.3 is 0 Å². The van der Waals surface area contributed by atoms with E-state index in [2.05, 4.69) is 31.3 Å². The molecular formula is C18H19N5O. The van der Waals surface area contributed by atoms with E-state index in [1.54, 1.807) is 12.4 Å². The Balaban J connectivity index is 1.41. The Bertz CT molecular complexity index is 813. The molecule has 1 aromatic carbocycles. The number of nitrogens with zero attached hydrogens (tertiary/aromatic N) is 5. The Morgan fingerprint density at radius 3 is 2.58 bits per heavy atom. The van der Waals surface area contributed by atoms with Gasteiger partial charge in [0.25, 0.3) is 0 Å². The van der Waals surface area contributed by atoms with Gasteiger partial charge in [0.05, 0.1) is 18.9 Å². The molecule has 24 heavy (non-hydrogen) atoms. The van der Waals surface area contributed by atoms with Crippen molar-refractivity contribution in [2.24, 2.45) is 0 Å². The first-order chi connectivity index (χ1) is 11.8. The quantitative estimate of drug-likeness (QED) is 0.739. The summed E-state index contributed by atoms with van der Waals surface area (Å²) in [5.41, 5.74) is 2.33. The Labute approximate surface area is 140 Å². The van der Waals surface area contributed by atoms with E-state index in [1.165, 1.54) is 5.69 Å². The zero-order valence-corrected chi connectivity index (χ0v) is 13.6. The standard InChI is InChI=1S/C18H19N5O/c1-14-9-19-17-12-22(7-8-23(14)17)18-20-10-16(11-21-18)24-13-15-5-3-2-4-6-15/h2-6,9-11H,7-8,12-13H2,1H3. The number of aromatic nitrogens is 4. The molecule has 0 amide bonds. The van der Waals surface area contributed by atoms with Crippen LogP contribution in [0.25, 0.3) is 0 Å². The minimum absolute atomic E-state index is 0.518. The molecule has 1 aliphatic rings. The molecule has 6 nitrogen and oxygen atoms in total. The summed E-state index contributed by atoms with van der Waals surface area (Å²) >= 11 is 0. The molecule has 0 saturated carbocycles. The summed E-state index contributed by atoms with van der Waals surface area (Å²) in [4.78, 5) is 15.5. The minimum Gasteiger partial charge on any atom is -0.486 e. The molecule has 2 aromatic heterocycles. The van der Waals surface area contributed by atoms with Crippen molar-refractivity contribution < 1.29 is 4.74 Å². The summed E-state index contributed by atoms with van der Waals surface area (Å²) in [5, 5.41) is 0. The number of benzene rings is 1. The van der Waals surface area contributed by atoms with Crippen LogP contribution in [0.3, 0.4) is 0 Å². The first-order valence-electron chi connectivity index (χ1n) is 8.04. The number of anilines is 1. The van der Waals surface area contributed by atoms with Crippen LogP contribution >= 0.6 is 0 Å². The van der Waals surface area contributed by atoms with Gasteiger partial charge in [0.2, 0.25) is 5.95 Å². The first kappa shape index (κ1) is 14.7. The third kappa shape index (κ3) is 2.95. The highest BCUT2D eigenvalue weighted by Gasteiger charge is 2.20. The molecule has 0 N–H and O–H groups in total. The van der Waals surface area contributed by atoms with Crippen molar-refractivity contribution in [1.29, 1.82) is 0 Å². The predicted octanol–water partition coefficient (Wildman–Crippen LogP) is 2.58. The molecule has 1 aliphatic heterocycles. The van der Waals surface area contributed by atoms with Crippen molar-refractivity contribution in [1.82, 2.24) is 19.5 Å². The number of ether oxygens (including phenoxy) is 1. The summed E-state index contributed by atoms with van der Waals surface area (Å²) < 4.78 is 7.98. The zero-order chi connectivity index (χ0) is 16.4. The molecule has 122 valence electrons. The SMILES string of the molecule is Cc1cnc2n1CCN(c1ncc(OCc3ccccc3)cn1)C2. The van der Waals surface area contributed by atoms with Gasteiger partial charge in [-0.2, -0.15) is 0 Å². The van der Waals surface area contributed by atoms with Crippen molar-refractivity contribution in [2.75, 3.05) is 11.4 Å². The monoisotopic (exact) mass is 321 g/mol. The van der Waals surface area contributed by atoms with Crippen LogP contribution < -0.4 is 9.64 Å². The van der Waals surface area contributed by atoms with Crippen LogP contribution in [0.2, 0.25) is 0 Å². The van der Waals surface area contributed by atoms with E-state index in [0.29, 0.717) is 18.3 Å². The van der Waals surface area contributed by atoms with E-state index in [-0.39, 0.29) is 0 Å². The lowest BCUT2D eigenvalue weighted by Gasteiger charge is -2.28. The molecular weight excluding hydrogens is 302 g/mol. The predicted molar refractivity (Wildman–Crippen MR) is 90.8 cm³/mol. The molecule has 4 rings (SSSR count). The summed E-state index contributed by atoms with van der Waals surface area (Å²) in [6.45, 7) is 5.13. The highest BCUT2D eigenvalue weighted by atomic mass is 16.5. The number of imidazole rings is 1. The lowest BCUT2D eigenvalue weighted by Crippen LogP contribution is -2.35. The van der Waals surface area contributed by atoms with Crippen LogP contribution in [-0.2, 0) is 19.7 Å². The maximum atomic E-state index is 5.73. The molecule has 0 saturated heterocycles. The van der Waals surface area contributed by atoms with Crippen LogP contribution in [0.4, 0.5) is 5.95 Å². The van der Waals surface area contributed by atoms with Crippen molar-refractivity contribution in [3.05, 3.63) is 66.0 Å². The Kier molecular flexibility index (Phi) is 3.86. The molecule has 0 radical (unpaired) electrons. The van der Waals surface area contributed by atoms with Gasteiger partial charge in [0, 0.05) is 25.0 Å². The highest BCUT2D eigenvalue weighted by molar-refractivity contribution is 5.33. The summed E-state index contributed by atoms with van der Waals surface area (Å²) in [6, 6.07) is 10.1. The molecule has 3 aromatic rings. The second-order valence-electron chi connectivity index (χ2n) is 5.88. The highest BCUT2D eigenvalue weighted by Crippen LogP contribution is 2.19. The molecule has 0 atom stereocenters. The second kappa shape index (κ2) is 6.31. The smallest absolute Gasteiger partial charge is 0.225 e. The van der Waals surface area contributed by atoms with Crippen molar-refractivity contribution in [3.8, 4) is 5.75 Å². The Hall–Kier alpha value is -2.89. The van der Waals surface area contributed by atoms with E-state index < -0.39 is 0 Å². The minimum atomic E-state index is 0.518. The van der Waals surface area contributed by atoms with Crippen LogP contribution in [-0.4, -0.2) is 26.1 Å². The average Bonchev–Trinajstić information content (AvgIpc) is 3.02. The van der Waals surface area contributed by atoms with Gasteiger partial charge in [0.1, 0.15) is 12.4 Å². The van der Waals surface area contributed by atoms with Crippen LogP contribution in [0, 0.1) is 6.92 Å². The van der Waals surface area contributed by atoms with Gasteiger partial charge in [-0.1, -0.05) is 30.3 Å². The van der Waals surface area contributed by atoms with E-state index in [0.717, 1.165) is 31.0 Å². The van der Waals surface area contributed by atoms with Crippen LogP contribution in [0.5, 0.6) is 5.75 Å². The van der Waals surface area contributed by atoms with E-state index in [4.69, 9.17) is 4.74 Å². The Morgan fingerprint density at radius 2 is 1.79 bits per heavy atom. The van der Waals surface area contributed by atoms with Gasteiger partial charge < -0.3 is 14.2 Å². The largest absolute Gasteiger partial charge is 0.486 e. The van der Waals surface area contributed by atoms with Gasteiger partial charge in [-0.3, -0.25) is 0 Å². The lowest BCUT2D eigenvalue weighted by atomic mass is 10.2. The first-order valence-corrected chi connectivity index (χ1v) is 8.04. The number of aryl methyl sites for hydroxylation is 1. The van der Waals surface area contributed by atoms with E-state index in [1.807, 2.05) is 36.5 Å². The normalized spacial score (nSPS) is 13.6. The topological polar surface area (TPSA) is 56.1 Å². The van der Waals surface area contributed by atoms with Crippen molar-refractivity contribution in [2.45, 2.75) is 26.6 Å². The number of hydrogen-bond donors (Lipinski definition) is 0. The van der Waals surface area contributed by atoms with E-state index in [9.17, 15) is 0 Å². The Morgan fingerprint density at radius 1 is 1.00 bits per heavy atom. The maximum Gasteiger partial charge on any atom is 0.225 e. The third-order valence-corrected chi connectivity index (χ3v) is 4.21. The number of hydrogen-bond acceptors (Lipinski definition) is 5. The summed E-state index contributed by atoms with van der Waals surface area (Å²) in [6.07, 6.45) is 5.38. The molecule has 3 heterocycles. The zero-order valence-electron chi connectivity index (χ0n) is 13.6. The van der Waals surface area contributed by atoms with Crippen LogP contribution in [0.15, 0.2) is 48.9 Å². The third-order valence-electron chi connectivity index (χ3n) is 4.21.